The quantitative estimate of drug-likeness (QED) is 0.404. The van der Waals surface area contributed by atoms with Crippen molar-refractivity contribution in [1.29, 1.82) is 0 Å². The molecule has 13 heteroatoms. The fraction of sp³-hybridized carbons (Fsp3) is 0.562. The van der Waals surface area contributed by atoms with Gasteiger partial charge in [0.1, 0.15) is 23.6 Å². The van der Waals surface area contributed by atoms with Crippen molar-refractivity contribution in [2.75, 3.05) is 26.2 Å². The van der Waals surface area contributed by atoms with Gasteiger partial charge >= 0.3 is 12.2 Å². The Morgan fingerprint density at radius 3 is 2.29 bits per heavy atom. The molecule has 2 aliphatic rings. The van der Waals surface area contributed by atoms with Crippen molar-refractivity contribution < 1.29 is 41.8 Å². The number of rotatable bonds is 8. The van der Waals surface area contributed by atoms with E-state index in [9.17, 15) is 23.2 Å². The number of nitrogens with zero attached hydrogens (tertiary/aromatic N) is 3. The number of aromatic nitrogens is 1. The summed E-state index contributed by atoms with van der Waals surface area (Å²) in [4.78, 5) is 44.7. The molecular weight excluding hydrogens is 593 g/mol. The van der Waals surface area contributed by atoms with Gasteiger partial charge in [-0.3, -0.25) is 4.79 Å². The van der Waals surface area contributed by atoms with Gasteiger partial charge in [-0.1, -0.05) is 12.1 Å². The van der Waals surface area contributed by atoms with E-state index in [-0.39, 0.29) is 36.8 Å². The van der Waals surface area contributed by atoms with Crippen LogP contribution < -0.4 is 10.1 Å². The van der Waals surface area contributed by atoms with E-state index in [1.165, 1.54) is 12.1 Å². The van der Waals surface area contributed by atoms with Gasteiger partial charge in [-0.05, 0) is 57.9 Å². The second-order valence-corrected chi connectivity index (χ2v) is 12.7. The highest BCUT2D eigenvalue weighted by Gasteiger charge is 2.42. The van der Waals surface area contributed by atoms with Gasteiger partial charge in [0.25, 0.3) is 5.92 Å². The standard InChI is InChI=1S/C32H41F3N4O6/c1-20(2)43-30(42)38-13-10-24(11-14-38)44-27-9-8-23(18-36-27)21-6-7-22(25(33)16-21)17-26(37-29(41)45-31(3,4)5)28(40)39-15-12-32(34,35)19-39/h6-9,16,18,20,24,26H,10-15,17,19H2,1-5H3,(H,37,41). The van der Waals surface area contributed by atoms with Gasteiger partial charge in [-0.15, -0.1) is 0 Å². The lowest BCUT2D eigenvalue weighted by Crippen LogP contribution is -2.50. The first-order valence-corrected chi connectivity index (χ1v) is 15.1. The van der Waals surface area contributed by atoms with Gasteiger partial charge in [0, 0.05) is 63.1 Å². The highest BCUT2D eigenvalue weighted by Crippen LogP contribution is 2.29. The number of piperidine rings is 1. The summed E-state index contributed by atoms with van der Waals surface area (Å²) < 4.78 is 59.5. The molecule has 45 heavy (non-hydrogen) atoms. The SMILES string of the molecule is CC(C)OC(=O)N1CCC(Oc2ccc(-c3ccc(CC(NC(=O)OC(C)(C)C)C(=O)N4CCC(F)(F)C4)c(F)c3)cn2)CC1. The Labute approximate surface area is 261 Å². The Morgan fingerprint density at radius 2 is 1.73 bits per heavy atom. The summed E-state index contributed by atoms with van der Waals surface area (Å²) in [5.41, 5.74) is 0.406. The van der Waals surface area contributed by atoms with Crippen LogP contribution in [0.4, 0.5) is 22.8 Å². The second-order valence-electron chi connectivity index (χ2n) is 12.7. The summed E-state index contributed by atoms with van der Waals surface area (Å²) in [5.74, 6) is -3.98. The Bertz CT molecular complexity index is 1360. The molecule has 2 aromatic rings. The van der Waals surface area contributed by atoms with Gasteiger partial charge < -0.3 is 29.3 Å². The molecule has 10 nitrogen and oxygen atoms in total. The summed E-state index contributed by atoms with van der Waals surface area (Å²) in [7, 11) is 0. The number of carbonyl (C=O) groups excluding carboxylic acids is 3. The van der Waals surface area contributed by atoms with E-state index in [0.717, 1.165) is 4.90 Å². The largest absolute Gasteiger partial charge is 0.474 e. The zero-order valence-corrected chi connectivity index (χ0v) is 26.3. The third kappa shape index (κ3) is 9.73. The van der Waals surface area contributed by atoms with Crippen LogP contribution in [0, 0.1) is 5.82 Å². The summed E-state index contributed by atoms with van der Waals surface area (Å²) in [6.07, 6.45) is 0.560. The van der Waals surface area contributed by atoms with E-state index in [0.29, 0.717) is 42.9 Å². The number of benzene rings is 1. The molecule has 1 aromatic carbocycles. The zero-order chi connectivity index (χ0) is 32.9. The summed E-state index contributed by atoms with van der Waals surface area (Å²) in [6.45, 7) is 8.65. The highest BCUT2D eigenvalue weighted by atomic mass is 19.3. The van der Waals surface area contributed by atoms with Crippen molar-refractivity contribution in [3.63, 3.8) is 0 Å². The second kappa shape index (κ2) is 13.9. The van der Waals surface area contributed by atoms with Crippen LogP contribution in [0.25, 0.3) is 11.1 Å². The summed E-state index contributed by atoms with van der Waals surface area (Å²) >= 11 is 0. The molecule has 3 heterocycles. The molecule has 1 atom stereocenters. The number of alkyl carbamates (subject to hydrolysis) is 1. The number of amides is 3. The first kappa shape index (κ1) is 33.9. The molecule has 2 aliphatic heterocycles. The van der Waals surface area contributed by atoms with E-state index in [1.807, 2.05) is 0 Å². The highest BCUT2D eigenvalue weighted by molar-refractivity contribution is 5.86. The number of alkyl halides is 2. The molecule has 246 valence electrons. The Morgan fingerprint density at radius 1 is 1.04 bits per heavy atom. The predicted molar refractivity (Wildman–Crippen MR) is 159 cm³/mol. The fourth-order valence-corrected chi connectivity index (χ4v) is 5.13. The monoisotopic (exact) mass is 634 g/mol. The molecule has 1 aromatic heterocycles. The third-order valence-electron chi connectivity index (χ3n) is 7.34. The number of pyridine rings is 1. The van der Waals surface area contributed by atoms with Crippen LogP contribution in [0.2, 0.25) is 0 Å². The molecular formula is C32H41F3N4O6. The zero-order valence-electron chi connectivity index (χ0n) is 26.3. The Kier molecular flexibility index (Phi) is 10.5. The predicted octanol–water partition coefficient (Wildman–Crippen LogP) is 5.58. The number of hydrogen-bond donors (Lipinski definition) is 1. The minimum atomic E-state index is -3.02. The summed E-state index contributed by atoms with van der Waals surface area (Å²) in [5, 5.41) is 2.44. The van der Waals surface area contributed by atoms with Crippen LogP contribution >= 0.6 is 0 Å². The number of carbonyl (C=O) groups is 3. The van der Waals surface area contributed by atoms with Crippen LogP contribution in [0.5, 0.6) is 5.88 Å². The number of ether oxygens (including phenoxy) is 3. The van der Waals surface area contributed by atoms with Gasteiger partial charge in [-0.25, -0.2) is 27.7 Å². The molecule has 0 aliphatic carbocycles. The van der Waals surface area contributed by atoms with Gasteiger partial charge in [0.05, 0.1) is 12.6 Å². The molecule has 2 saturated heterocycles. The van der Waals surface area contributed by atoms with E-state index in [2.05, 4.69) is 10.3 Å². The maximum Gasteiger partial charge on any atom is 0.410 e. The average molecular weight is 635 g/mol. The Balaban J connectivity index is 1.39. The molecule has 2 fully saturated rings. The lowest BCUT2D eigenvalue weighted by molar-refractivity contribution is -0.133. The van der Waals surface area contributed by atoms with Gasteiger partial charge in [0.2, 0.25) is 11.8 Å². The van der Waals surface area contributed by atoms with Crippen molar-refractivity contribution in [3.05, 3.63) is 47.9 Å². The first-order valence-electron chi connectivity index (χ1n) is 15.1. The van der Waals surface area contributed by atoms with Crippen LogP contribution in [0.3, 0.4) is 0 Å². The van der Waals surface area contributed by atoms with Gasteiger partial charge in [-0.2, -0.15) is 0 Å². The smallest absolute Gasteiger partial charge is 0.410 e. The van der Waals surface area contributed by atoms with Crippen molar-refractivity contribution >= 4 is 18.1 Å². The third-order valence-corrected chi connectivity index (χ3v) is 7.34. The molecule has 1 N–H and O–H groups in total. The first-order chi connectivity index (χ1) is 21.1. The maximum absolute atomic E-state index is 15.3. The van der Waals surface area contributed by atoms with Crippen LogP contribution in [0.15, 0.2) is 36.5 Å². The van der Waals surface area contributed by atoms with E-state index >= 15 is 4.39 Å². The normalized spacial score (nSPS) is 17.6. The van der Waals surface area contributed by atoms with Crippen molar-refractivity contribution in [2.45, 2.75) is 90.1 Å². The number of hydrogen-bond acceptors (Lipinski definition) is 7. The Hall–Kier alpha value is -4.03. The average Bonchev–Trinajstić information content (AvgIpc) is 3.32. The molecule has 0 spiro atoms. The topological polar surface area (TPSA) is 110 Å². The van der Waals surface area contributed by atoms with Crippen LogP contribution in [0.1, 0.15) is 59.4 Å². The lowest BCUT2D eigenvalue weighted by Gasteiger charge is -2.31. The van der Waals surface area contributed by atoms with Gasteiger partial charge in [0.15, 0.2) is 0 Å². The summed E-state index contributed by atoms with van der Waals surface area (Å²) in [6, 6.07) is 6.56. The molecule has 3 amide bonds. The number of nitrogens with one attached hydrogen (secondary N) is 1. The fourth-order valence-electron chi connectivity index (χ4n) is 5.13. The van der Waals surface area contributed by atoms with Crippen molar-refractivity contribution in [1.82, 2.24) is 20.1 Å². The lowest BCUT2D eigenvalue weighted by atomic mass is 10.00. The van der Waals surface area contributed by atoms with Crippen molar-refractivity contribution in [3.8, 4) is 17.0 Å². The van der Waals surface area contributed by atoms with Crippen molar-refractivity contribution in [2.24, 2.45) is 0 Å². The van der Waals surface area contributed by atoms with E-state index in [4.69, 9.17) is 14.2 Å². The molecule has 0 radical (unpaired) electrons. The minimum absolute atomic E-state index is 0.111. The number of likely N-dealkylation sites (tertiary alicyclic amines) is 2. The maximum atomic E-state index is 15.3. The molecule has 0 bridgehead atoms. The van der Waals surface area contributed by atoms with E-state index in [1.54, 1.807) is 63.9 Å². The van der Waals surface area contributed by atoms with Crippen LogP contribution in [-0.4, -0.2) is 88.8 Å². The molecule has 0 saturated carbocycles. The minimum Gasteiger partial charge on any atom is -0.474 e. The van der Waals surface area contributed by atoms with Crippen LogP contribution in [-0.2, 0) is 20.7 Å². The van der Waals surface area contributed by atoms with E-state index < -0.39 is 48.3 Å². The number of halogens is 3. The molecule has 1 unspecified atom stereocenters. The molecule has 4 rings (SSSR count).